The molecule has 0 bridgehead atoms. The number of hydrogen-bond acceptors (Lipinski definition) is 3. The molecule has 0 saturated heterocycles. The molecule has 0 aliphatic carbocycles. The number of anilines is 1. The van der Waals surface area contributed by atoms with Gasteiger partial charge in [0, 0.05) is 5.92 Å². The first kappa shape index (κ1) is 18.1. The maximum absolute atomic E-state index is 13.1. The van der Waals surface area contributed by atoms with Gasteiger partial charge >= 0.3 is 6.09 Å². The fraction of sp³-hybridized carbons (Fsp3) is 0.333. The zero-order valence-corrected chi connectivity index (χ0v) is 15.2. The minimum Gasteiger partial charge on any atom is -0.443 e. The van der Waals surface area contributed by atoms with Gasteiger partial charge in [-0.05, 0) is 62.9 Å². The van der Waals surface area contributed by atoms with Crippen molar-refractivity contribution in [1.29, 1.82) is 0 Å². The number of amides is 2. The molecule has 2 aromatic rings. The molecule has 3 rings (SSSR count). The van der Waals surface area contributed by atoms with Crippen LogP contribution in [0.1, 0.15) is 31.9 Å². The lowest BCUT2D eigenvalue weighted by atomic mass is 9.87. The molecular weight excluding hydrogens is 333 g/mol. The minimum absolute atomic E-state index is 0.290. The summed E-state index contributed by atoms with van der Waals surface area (Å²) >= 11 is 0. The molecule has 0 fully saturated rings. The number of nitrogens with zero attached hydrogens (tertiary/aromatic N) is 1. The molecule has 136 valence electrons. The number of hydrogen-bond donors (Lipinski definition) is 0. The second-order valence-corrected chi connectivity index (χ2v) is 7.51. The molecule has 1 atom stereocenters. The largest absolute Gasteiger partial charge is 0.443 e. The van der Waals surface area contributed by atoms with Gasteiger partial charge in [-0.2, -0.15) is 0 Å². The molecule has 1 aliphatic rings. The first-order valence-electron chi connectivity index (χ1n) is 8.64. The molecule has 1 heterocycles. The van der Waals surface area contributed by atoms with E-state index in [2.05, 4.69) is 0 Å². The van der Waals surface area contributed by atoms with Crippen LogP contribution in [0, 0.1) is 11.7 Å². The summed E-state index contributed by atoms with van der Waals surface area (Å²) in [5.41, 5.74) is 1.65. The second kappa shape index (κ2) is 6.90. The summed E-state index contributed by atoms with van der Waals surface area (Å²) in [6, 6.07) is 13.4. The Morgan fingerprint density at radius 1 is 1.15 bits per heavy atom. The summed E-state index contributed by atoms with van der Waals surface area (Å²) in [5, 5.41) is 0. The van der Waals surface area contributed by atoms with Crippen LogP contribution in [0.15, 0.2) is 48.5 Å². The number of imide groups is 1. The molecule has 4 nitrogen and oxygen atoms in total. The average molecular weight is 355 g/mol. The van der Waals surface area contributed by atoms with E-state index in [1.165, 1.54) is 12.1 Å². The number of rotatable bonds is 2. The van der Waals surface area contributed by atoms with E-state index in [4.69, 9.17) is 4.74 Å². The molecule has 0 unspecified atom stereocenters. The lowest BCUT2D eigenvalue weighted by Gasteiger charge is -2.34. The van der Waals surface area contributed by atoms with Crippen LogP contribution in [0.2, 0.25) is 0 Å². The van der Waals surface area contributed by atoms with Crippen molar-refractivity contribution >= 4 is 17.7 Å². The van der Waals surface area contributed by atoms with Crippen LogP contribution in [0.25, 0.3) is 0 Å². The molecule has 0 saturated carbocycles. The number of fused-ring (bicyclic) bond motifs is 1. The van der Waals surface area contributed by atoms with E-state index >= 15 is 0 Å². The van der Waals surface area contributed by atoms with Crippen molar-refractivity contribution < 1.29 is 18.7 Å². The highest BCUT2D eigenvalue weighted by Crippen LogP contribution is 2.33. The van der Waals surface area contributed by atoms with Crippen molar-refractivity contribution in [3.05, 3.63) is 65.5 Å². The van der Waals surface area contributed by atoms with Gasteiger partial charge in [0.05, 0.1) is 5.69 Å². The third kappa shape index (κ3) is 3.93. The Bertz CT molecular complexity index is 824. The van der Waals surface area contributed by atoms with Crippen LogP contribution >= 0.6 is 0 Å². The zero-order valence-electron chi connectivity index (χ0n) is 15.2. The molecule has 2 amide bonds. The SMILES string of the molecule is CC(C)(C)OC(=O)N1C(=O)[C@@H](Cc2ccc(F)cc2)Cc2ccccc21. The monoisotopic (exact) mass is 355 g/mol. The van der Waals surface area contributed by atoms with Crippen LogP contribution < -0.4 is 4.90 Å². The van der Waals surface area contributed by atoms with E-state index < -0.39 is 17.6 Å². The first-order chi connectivity index (χ1) is 12.2. The Kier molecular flexibility index (Phi) is 4.81. The highest BCUT2D eigenvalue weighted by Gasteiger charge is 2.38. The third-order valence-corrected chi connectivity index (χ3v) is 4.24. The highest BCUT2D eigenvalue weighted by atomic mass is 19.1. The van der Waals surface area contributed by atoms with E-state index in [1.807, 2.05) is 12.1 Å². The van der Waals surface area contributed by atoms with Gasteiger partial charge in [-0.15, -0.1) is 0 Å². The Balaban J connectivity index is 1.91. The fourth-order valence-electron chi connectivity index (χ4n) is 3.12. The van der Waals surface area contributed by atoms with Crippen LogP contribution in [-0.4, -0.2) is 17.6 Å². The molecule has 1 aliphatic heterocycles. The van der Waals surface area contributed by atoms with Crippen molar-refractivity contribution in [2.24, 2.45) is 5.92 Å². The fourth-order valence-corrected chi connectivity index (χ4v) is 3.12. The van der Waals surface area contributed by atoms with Gasteiger partial charge < -0.3 is 4.74 Å². The summed E-state index contributed by atoms with van der Waals surface area (Å²) in [4.78, 5) is 26.8. The van der Waals surface area contributed by atoms with Crippen LogP contribution in [0.3, 0.4) is 0 Å². The van der Waals surface area contributed by atoms with Gasteiger partial charge in [-0.25, -0.2) is 14.1 Å². The summed E-state index contributed by atoms with van der Waals surface area (Å²) in [7, 11) is 0. The van der Waals surface area contributed by atoms with E-state index in [-0.39, 0.29) is 11.7 Å². The smallest absolute Gasteiger partial charge is 0.421 e. The maximum atomic E-state index is 13.1. The average Bonchev–Trinajstić information content (AvgIpc) is 2.56. The number of benzene rings is 2. The molecule has 2 aromatic carbocycles. The predicted molar refractivity (Wildman–Crippen MR) is 97.5 cm³/mol. The van der Waals surface area contributed by atoms with Crippen LogP contribution in [0.5, 0.6) is 0 Å². The van der Waals surface area contributed by atoms with Crippen LogP contribution in [0.4, 0.5) is 14.9 Å². The maximum Gasteiger partial charge on any atom is 0.421 e. The number of halogens is 1. The quantitative estimate of drug-likeness (QED) is 0.796. The predicted octanol–water partition coefficient (Wildman–Crippen LogP) is 4.51. The lowest BCUT2D eigenvalue weighted by Crippen LogP contribution is -2.47. The Morgan fingerprint density at radius 2 is 1.81 bits per heavy atom. The number of carbonyl (C=O) groups is 2. The lowest BCUT2D eigenvalue weighted by molar-refractivity contribution is -0.122. The van der Waals surface area contributed by atoms with E-state index in [0.29, 0.717) is 18.5 Å². The summed E-state index contributed by atoms with van der Waals surface area (Å²) < 4.78 is 18.6. The molecule has 5 heteroatoms. The Labute approximate surface area is 152 Å². The van der Waals surface area contributed by atoms with Crippen LogP contribution in [-0.2, 0) is 22.4 Å². The molecular formula is C21H22FNO3. The minimum atomic E-state index is -0.698. The zero-order chi connectivity index (χ0) is 18.9. The summed E-state index contributed by atoms with van der Waals surface area (Å²) in [6.45, 7) is 5.30. The third-order valence-electron chi connectivity index (χ3n) is 4.24. The van der Waals surface area contributed by atoms with Crippen molar-refractivity contribution in [3.8, 4) is 0 Å². The summed E-state index contributed by atoms with van der Waals surface area (Å²) in [6.07, 6.45) is 0.303. The molecule has 26 heavy (non-hydrogen) atoms. The summed E-state index contributed by atoms with van der Waals surface area (Å²) in [5.74, 6) is -1.00. The van der Waals surface area contributed by atoms with Gasteiger partial charge in [-0.1, -0.05) is 30.3 Å². The second-order valence-electron chi connectivity index (χ2n) is 7.51. The Hall–Kier alpha value is -2.69. The van der Waals surface area contributed by atoms with Crippen molar-refractivity contribution in [3.63, 3.8) is 0 Å². The highest BCUT2D eigenvalue weighted by molar-refractivity contribution is 6.15. The number of ether oxygens (including phenoxy) is 1. The first-order valence-corrected chi connectivity index (χ1v) is 8.64. The van der Waals surface area contributed by atoms with E-state index in [9.17, 15) is 14.0 Å². The van der Waals surface area contributed by atoms with Gasteiger partial charge in [-0.3, -0.25) is 4.79 Å². The molecule has 0 spiro atoms. The van der Waals surface area contributed by atoms with E-state index in [1.54, 1.807) is 45.0 Å². The van der Waals surface area contributed by atoms with Gasteiger partial charge in [0.15, 0.2) is 0 Å². The molecule has 0 aromatic heterocycles. The van der Waals surface area contributed by atoms with Gasteiger partial charge in [0.2, 0.25) is 5.91 Å². The topological polar surface area (TPSA) is 46.6 Å². The van der Waals surface area contributed by atoms with Gasteiger partial charge in [0.1, 0.15) is 11.4 Å². The van der Waals surface area contributed by atoms with Gasteiger partial charge in [0.25, 0.3) is 0 Å². The van der Waals surface area contributed by atoms with Crippen molar-refractivity contribution in [1.82, 2.24) is 0 Å². The molecule has 0 N–H and O–H groups in total. The van der Waals surface area contributed by atoms with Crippen molar-refractivity contribution in [2.45, 2.75) is 39.2 Å². The van der Waals surface area contributed by atoms with Crippen molar-refractivity contribution in [2.75, 3.05) is 4.90 Å². The standard InChI is InChI=1S/C21H22FNO3/c1-21(2,3)26-20(25)23-18-7-5-4-6-15(18)13-16(19(23)24)12-14-8-10-17(22)11-9-14/h4-11,16H,12-13H2,1-3H3/t16-/m0/s1. The number of carbonyl (C=O) groups excluding carboxylic acids is 2. The molecule has 0 radical (unpaired) electrons. The normalized spacial score (nSPS) is 17.0. The number of para-hydroxylation sites is 1. The van der Waals surface area contributed by atoms with E-state index in [0.717, 1.165) is 16.0 Å². The Morgan fingerprint density at radius 3 is 2.46 bits per heavy atom.